The Morgan fingerprint density at radius 2 is 2.10 bits per heavy atom. The topological polar surface area (TPSA) is 45.2 Å². The van der Waals surface area contributed by atoms with Crippen molar-refractivity contribution in [1.29, 1.82) is 0 Å². The second kappa shape index (κ2) is 6.84. The van der Waals surface area contributed by atoms with Crippen LogP contribution in [-0.2, 0) is 6.42 Å². The summed E-state index contributed by atoms with van der Waals surface area (Å²) in [5.41, 5.74) is 3.95. The first-order valence-corrected chi connectivity index (χ1v) is 6.95. The minimum absolute atomic E-state index is 0.262. The number of aromatic amines is 1. The van der Waals surface area contributed by atoms with Gasteiger partial charge in [-0.1, -0.05) is 17.7 Å². The van der Waals surface area contributed by atoms with Gasteiger partial charge in [-0.15, -0.1) is 0 Å². The molecule has 0 fully saturated rings. The van der Waals surface area contributed by atoms with E-state index in [1.807, 2.05) is 50.4 Å². The summed E-state index contributed by atoms with van der Waals surface area (Å²) in [4.78, 5) is 3.11. The molecule has 2 N–H and O–H groups in total. The third kappa shape index (κ3) is 4.02. The number of hydrogen-bond donors (Lipinski definition) is 2. The van der Waals surface area contributed by atoms with Gasteiger partial charge in [0.15, 0.2) is 0 Å². The van der Waals surface area contributed by atoms with Crippen molar-refractivity contribution in [2.24, 2.45) is 0 Å². The number of H-pyrrole nitrogens is 1. The van der Waals surface area contributed by atoms with Gasteiger partial charge in [-0.3, -0.25) is 0 Å². The fraction of sp³-hybridized carbons (Fsp3) is 0.222. The smallest absolute Gasteiger partial charge is 0.126 e. The van der Waals surface area contributed by atoms with Crippen molar-refractivity contribution in [3.05, 3.63) is 58.9 Å². The summed E-state index contributed by atoms with van der Waals surface area (Å²) in [5, 5.41) is 10.2. The van der Waals surface area contributed by atoms with Gasteiger partial charge < -0.3 is 14.8 Å². The van der Waals surface area contributed by atoms with E-state index in [0.29, 0.717) is 12.2 Å². The number of rotatable bonds is 5. The molecule has 0 bridgehead atoms. The molecule has 0 amide bonds. The fourth-order valence-electron chi connectivity index (χ4n) is 2.07. The lowest BCUT2D eigenvalue weighted by Gasteiger charge is -2.10. The minimum Gasteiger partial charge on any atom is -0.507 e. The average molecular weight is 283 g/mol. The van der Waals surface area contributed by atoms with E-state index in [9.17, 15) is 5.11 Å². The second-order valence-electron chi connectivity index (χ2n) is 5.17. The van der Waals surface area contributed by atoms with Crippen LogP contribution in [-0.4, -0.2) is 17.2 Å². The largest absolute Gasteiger partial charge is 0.507 e. The highest BCUT2D eigenvalue weighted by Crippen LogP contribution is 2.31. The molecule has 2 aromatic rings. The van der Waals surface area contributed by atoms with E-state index < -0.39 is 0 Å². The summed E-state index contributed by atoms with van der Waals surface area (Å²) in [6.07, 6.45) is 8.52. The molecule has 1 heterocycles. The fourth-order valence-corrected chi connectivity index (χ4v) is 2.07. The first kappa shape index (κ1) is 15.0. The van der Waals surface area contributed by atoms with Crippen LogP contribution in [0.1, 0.15) is 30.7 Å². The second-order valence-corrected chi connectivity index (χ2v) is 5.17. The van der Waals surface area contributed by atoms with Gasteiger partial charge in [0.25, 0.3) is 0 Å². The van der Waals surface area contributed by atoms with Crippen LogP contribution in [0.2, 0.25) is 0 Å². The molecule has 0 aliphatic heterocycles. The number of ether oxygens (including phenoxy) is 1. The van der Waals surface area contributed by atoms with Crippen LogP contribution in [0.25, 0.3) is 12.2 Å². The Hall–Kier alpha value is -2.42. The monoisotopic (exact) mass is 283 g/mol. The van der Waals surface area contributed by atoms with Gasteiger partial charge in [0.1, 0.15) is 11.5 Å². The summed E-state index contributed by atoms with van der Waals surface area (Å²) in [6, 6.07) is 7.63. The van der Waals surface area contributed by atoms with Crippen molar-refractivity contribution < 1.29 is 9.84 Å². The molecule has 3 heteroatoms. The normalized spacial score (nSPS) is 10.8. The predicted octanol–water partition coefficient (Wildman–Crippen LogP) is 4.41. The van der Waals surface area contributed by atoms with Gasteiger partial charge in [0, 0.05) is 17.5 Å². The number of methoxy groups -OCH3 is 1. The van der Waals surface area contributed by atoms with Crippen LogP contribution >= 0.6 is 0 Å². The van der Waals surface area contributed by atoms with Gasteiger partial charge in [-0.25, -0.2) is 0 Å². The molecule has 0 atom stereocenters. The third-order valence-corrected chi connectivity index (χ3v) is 3.22. The number of aromatic nitrogens is 1. The number of phenolic OH excluding ortho intramolecular Hbond substituents is 1. The summed E-state index contributed by atoms with van der Waals surface area (Å²) < 4.78 is 5.41. The van der Waals surface area contributed by atoms with Crippen LogP contribution < -0.4 is 4.74 Å². The van der Waals surface area contributed by atoms with Crippen molar-refractivity contribution in [2.45, 2.75) is 20.3 Å². The quantitative estimate of drug-likeness (QED) is 0.798. The van der Waals surface area contributed by atoms with Gasteiger partial charge >= 0.3 is 0 Å². The number of benzene rings is 1. The zero-order valence-electron chi connectivity index (χ0n) is 12.7. The highest BCUT2D eigenvalue weighted by Gasteiger charge is 2.09. The first-order chi connectivity index (χ1) is 10.1. The van der Waals surface area contributed by atoms with Crippen molar-refractivity contribution in [3.8, 4) is 11.5 Å². The van der Waals surface area contributed by atoms with Crippen LogP contribution in [0.4, 0.5) is 0 Å². The highest BCUT2D eigenvalue weighted by molar-refractivity contribution is 5.70. The molecule has 0 spiro atoms. The van der Waals surface area contributed by atoms with Crippen molar-refractivity contribution in [2.75, 3.05) is 7.11 Å². The number of allylic oxidation sites excluding steroid dienone is 2. The lowest BCUT2D eigenvalue weighted by atomic mass is 10.0. The third-order valence-electron chi connectivity index (χ3n) is 3.22. The summed E-state index contributed by atoms with van der Waals surface area (Å²) >= 11 is 0. The molecule has 0 aliphatic rings. The number of phenols is 1. The lowest BCUT2D eigenvalue weighted by molar-refractivity contribution is 0.401. The van der Waals surface area contributed by atoms with Gasteiger partial charge in [-0.2, -0.15) is 0 Å². The standard InChI is InChI=1S/C18H21NO2/c1-13(2)6-9-16-17(20)11-14(12-18(16)21-3)7-8-15-5-4-10-19-15/h4-8,10-12,19-20H,9H2,1-3H3/b8-7-. The Morgan fingerprint density at radius 1 is 1.29 bits per heavy atom. The van der Waals surface area contributed by atoms with Gasteiger partial charge in [-0.05, 0) is 56.2 Å². The van der Waals surface area contributed by atoms with Gasteiger partial charge in [0.2, 0.25) is 0 Å². The lowest BCUT2D eigenvalue weighted by Crippen LogP contribution is -1.93. The summed E-state index contributed by atoms with van der Waals surface area (Å²) in [7, 11) is 1.62. The zero-order valence-corrected chi connectivity index (χ0v) is 12.7. The maximum atomic E-state index is 10.2. The first-order valence-electron chi connectivity index (χ1n) is 6.95. The predicted molar refractivity (Wildman–Crippen MR) is 87.5 cm³/mol. The Balaban J connectivity index is 2.29. The van der Waals surface area contributed by atoms with Gasteiger partial charge in [0.05, 0.1) is 7.11 Å². The molecule has 0 saturated heterocycles. The molecule has 1 aromatic heterocycles. The van der Waals surface area contributed by atoms with E-state index >= 15 is 0 Å². The molecule has 1 aromatic carbocycles. The van der Waals surface area contributed by atoms with Crippen LogP contribution in [0, 0.1) is 0 Å². The molecule has 0 saturated carbocycles. The zero-order chi connectivity index (χ0) is 15.2. The van der Waals surface area contributed by atoms with E-state index in [1.54, 1.807) is 13.2 Å². The summed E-state index contributed by atoms with van der Waals surface area (Å²) in [6.45, 7) is 4.08. The van der Waals surface area contributed by atoms with Crippen LogP contribution in [0.15, 0.2) is 42.1 Å². The van der Waals surface area contributed by atoms with E-state index in [-0.39, 0.29) is 5.75 Å². The van der Waals surface area contributed by atoms with Crippen molar-refractivity contribution in [3.63, 3.8) is 0 Å². The minimum atomic E-state index is 0.262. The highest BCUT2D eigenvalue weighted by atomic mass is 16.5. The molecule has 0 radical (unpaired) electrons. The molecule has 0 aliphatic carbocycles. The molecular formula is C18H21NO2. The maximum absolute atomic E-state index is 10.2. The molecular weight excluding hydrogens is 262 g/mol. The molecule has 2 rings (SSSR count). The Kier molecular flexibility index (Phi) is 4.88. The maximum Gasteiger partial charge on any atom is 0.126 e. The van der Waals surface area contributed by atoms with Crippen LogP contribution in [0.5, 0.6) is 11.5 Å². The Bertz CT molecular complexity index is 648. The molecule has 110 valence electrons. The average Bonchev–Trinajstić information content (AvgIpc) is 2.96. The number of aromatic hydroxyl groups is 1. The van der Waals surface area contributed by atoms with Crippen molar-refractivity contribution in [1.82, 2.24) is 4.98 Å². The molecule has 3 nitrogen and oxygen atoms in total. The van der Waals surface area contributed by atoms with Crippen LogP contribution in [0.3, 0.4) is 0 Å². The SMILES string of the molecule is COc1cc(/C=C\c2ccc[nH]2)cc(O)c1CC=C(C)C. The van der Waals surface area contributed by atoms with E-state index in [4.69, 9.17) is 4.74 Å². The van der Waals surface area contributed by atoms with E-state index in [0.717, 1.165) is 16.8 Å². The number of nitrogens with one attached hydrogen (secondary N) is 1. The van der Waals surface area contributed by atoms with E-state index in [1.165, 1.54) is 5.57 Å². The molecule has 0 unspecified atom stereocenters. The molecule has 21 heavy (non-hydrogen) atoms. The summed E-state index contributed by atoms with van der Waals surface area (Å²) in [5.74, 6) is 0.969. The van der Waals surface area contributed by atoms with Crippen molar-refractivity contribution >= 4 is 12.2 Å². The Labute approximate surface area is 125 Å². The number of hydrogen-bond acceptors (Lipinski definition) is 2. The van der Waals surface area contributed by atoms with E-state index in [2.05, 4.69) is 11.1 Å². The Morgan fingerprint density at radius 3 is 2.71 bits per heavy atom.